The van der Waals surface area contributed by atoms with Crippen LogP contribution in [0, 0.1) is 18.3 Å². The van der Waals surface area contributed by atoms with Gasteiger partial charge in [-0.1, -0.05) is 66.7 Å². The highest BCUT2D eigenvalue weighted by Gasteiger charge is 2.13. The SMILES string of the molecule is Cc1ccccc1NC(=O)C(C#N)=Cc1c2ccccc2cc2ccccc12. The van der Waals surface area contributed by atoms with Gasteiger partial charge in [0.1, 0.15) is 11.6 Å². The van der Waals surface area contributed by atoms with Crippen molar-refractivity contribution in [2.45, 2.75) is 6.92 Å². The maximum absolute atomic E-state index is 12.8. The van der Waals surface area contributed by atoms with Gasteiger partial charge in [0.15, 0.2) is 0 Å². The molecule has 0 aliphatic heterocycles. The third kappa shape index (κ3) is 3.24. The van der Waals surface area contributed by atoms with Gasteiger partial charge in [-0.2, -0.15) is 5.26 Å². The molecule has 4 aromatic rings. The molecule has 0 aliphatic carbocycles. The molecule has 3 nitrogen and oxygen atoms in total. The number of nitriles is 1. The standard InChI is InChI=1S/C25H18N2O/c1-17-8-2-7-13-24(17)27-25(28)20(16-26)15-23-21-11-5-3-9-18(21)14-19-10-4-6-12-22(19)23/h2-15H,1H3,(H,27,28). The molecule has 0 unspecified atom stereocenters. The van der Waals surface area contributed by atoms with Gasteiger partial charge in [-0.25, -0.2) is 0 Å². The number of amides is 1. The topological polar surface area (TPSA) is 52.9 Å². The third-order valence-electron chi connectivity index (χ3n) is 4.86. The van der Waals surface area contributed by atoms with Gasteiger partial charge >= 0.3 is 0 Å². The zero-order valence-electron chi connectivity index (χ0n) is 15.4. The van der Waals surface area contributed by atoms with Gasteiger partial charge in [-0.05, 0) is 57.8 Å². The van der Waals surface area contributed by atoms with Crippen LogP contribution in [0.3, 0.4) is 0 Å². The van der Waals surface area contributed by atoms with E-state index in [0.717, 1.165) is 32.7 Å². The highest BCUT2D eigenvalue weighted by Crippen LogP contribution is 2.30. The third-order valence-corrected chi connectivity index (χ3v) is 4.86. The first kappa shape index (κ1) is 17.5. The Morgan fingerprint density at radius 1 is 0.893 bits per heavy atom. The summed E-state index contributed by atoms with van der Waals surface area (Å²) in [6.07, 6.45) is 1.69. The van der Waals surface area contributed by atoms with Crippen LogP contribution in [0.2, 0.25) is 0 Å². The number of carbonyl (C=O) groups is 1. The summed E-state index contributed by atoms with van der Waals surface area (Å²) in [5.74, 6) is -0.409. The minimum atomic E-state index is -0.409. The fourth-order valence-electron chi connectivity index (χ4n) is 3.40. The molecular formula is C25H18N2O. The fraction of sp³-hybridized carbons (Fsp3) is 0.0400. The Labute approximate surface area is 163 Å². The van der Waals surface area contributed by atoms with Crippen LogP contribution in [0.4, 0.5) is 5.69 Å². The number of anilines is 1. The van der Waals surface area contributed by atoms with E-state index in [9.17, 15) is 10.1 Å². The monoisotopic (exact) mass is 362 g/mol. The lowest BCUT2D eigenvalue weighted by Crippen LogP contribution is -2.14. The number of para-hydroxylation sites is 1. The van der Waals surface area contributed by atoms with Crippen LogP contribution in [0.1, 0.15) is 11.1 Å². The lowest BCUT2D eigenvalue weighted by molar-refractivity contribution is -0.112. The first-order chi connectivity index (χ1) is 13.7. The molecule has 4 aromatic carbocycles. The van der Waals surface area contributed by atoms with E-state index in [1.807, 2.05) is 79.7 Å². The Morgan fingerprint density at radius 2 is 1.46 bits per heavy atom. The average Bonchev–Trinajstić information content (AvgIpc) is 2.72. The van der Waals surface area contributed by atoms with E-state index in [1.54, 1.807) is 6.08 Å². The normalized spacial score (nSPS) is 11.4. The predicted molar refractivity (Wildman–Crippen MR) is 115 cm³/mol. The van der Waals surface area contributed by atoms with Crippen molar-refractivity contribution < 1.29 is 4.79 Å². The lowest BCUT2D eigenvalue weighted by atomic mass is 9.95. The Morgan fingerprint density at radius 3 is 2.07 bits per heavy atom. The van der Waals surface area contributed by atoms with Crippen LogP contribution in [0.25, 0.3) is 27.6 Å². The van der Waals surface area contributed by atoms with Crippen molar-refractivity contribution in [1.82, 2.24) is 0 Å². The first-order valence-corrected chi connectivity index (χ1v) is 9.06. The lowest BCUT2D eigenvalue weighted by Gasteiger charge is -2.10. The molecule has 1 amide bonds. The Balaban J connectivity index is 1.86. The Hall–Kier alpha value is -3.90. The van der Waals surface area contributed by atoms with Crippen molar-refractivity contribution >= 4 is 39.2 Å². The zero-order chi connectivity index (χ0) is 19.5. The number of fused-ring (bicyclic) bond motifs is 2. The largest absolute Gasteiger partial charge is 0.321 e. The molecule has 0 fully saturated rings. The van der Waals surface area contributed by atoms with Gasteiger partial charge in [0.2, 0.25) is 0 Å². The maximum Gasteiger partial charge on any atom is 0.266 e. The molecule has 0 spiro atoms. The number of rotatable bonds is 3. The molecule has 134 valence electrons. The second kappa shape index (κ2) is 7.38. The van der Waals surface area contributed by atoms with Crippen LogP contribution in [-0.4, -0.2) is 5.91 Å². The van der Waals surface area contributed by atoms with E-state index in [-0.39, 0.29) is 5.57 Å². The van der Waals surface area contributed by atoms with Gasteiger partial charge in [-0.3, -0.25) is 4.79 Å². The summed E-state index contributed by atoms with van der Waals surface area (Å²) < 4.78 is 0. The predicted octanol–water partition coefficient (Wildman–Crippen LogP) is 5.85. The second-order valence-corrected chi connectivity index (χ2v) is 6.67. The Kier molecular flexibility index (Phi) is 4.62. The van der Waals surface area contributed by atoms with Crippen molar-refractivity contribution in [1.29, 1.82) is 5.26 Å². The van der Waals surface area contributed by atoms with Gasteiger partial charge in [0.05, 0.1) is 0 Å². The van der Waals surface area contributed by atoms with Crippen molar-refractivity contribution in [3.8, 4) is 6.07 Å². The minimum Gasteiger partial charge on any atom is -0.321 e. The average molecular weight is 362 g/mol. The van der Waals surface area contributed by atoms with E-state index in [1.165, 1.54) is 0 Å². The van der Waals surface area contributed by atoms with Gasteiger partial charge < -0.3 is 5.32 Å². The minimum absolute atomic E-state index is 0.0739. The summed E-state index contributed by atoms with van der Waals surface area (Å²) >= 11 is 0. The summed E-state index contributed by atoms with van der Waals surface area (Å²) in [5, 5.41) is 16.7. The summed E-state index contributed by atoms with van der Waals surface area (Å²) in [5.41, 5.74) is 2.61. The Bertz CT molecular complexity index is 1220. The van der Waals surface area contributed by atoms with Crippen LogP contribution in [0.5, 0.6) is 0 Å². The maximum atomic E-state index is 12.8. The molecule has 0 radical (unpaired) electrons. The van der Waals surface area contributed by atoms with Crippen LogP contribution in [-0.2, 0) is 4.79 Å². The smallest absolute Gasteiger partial charge is 0.266 e. The highest BCUT2D eigenvalue weighted by atomic mass is 16.1. The molecule has 0 heterocycles. The summed E-state index contributed by atoms with van der Waals surface area (Å²) in [6, 6.07) is 27.7. The number of nitrogens with one attached hydrogen (secondary N) is 1. The van der Waals surface area contributed by atoms with E-state index in [4.69, 9.17) is 0 Å². The van der Waals surface area contributed by atoms with Crippen molar-refractivity contribution in [3.05, 3.63) is 95.6 Å². The van der Waals surface area contributed by atoms with Crippen LogP contribution in [0.15, 0.2) is 84.4 Å². The molecular weight excluding hydrogens is 344 g/mol. The first-order valence-electron chi connectivity index (χ1n) is 9.06. The second-order valence-electron chi connectivity index (χ2n) is 6.67. The molecule has 0 atom stereocenters. The quantitative estimate of drug-likeness (QED) is 0.282. The molecule has 1 N–H and O–H groups in total. The zero-order valence-corrected chi connectivity index (χ0v) is 15.4. The molecule has 0 bridgehead atoms. The number of hydrogen-bond donors (Lipinski definition) is 1. The van der Waals surface area contributed by atoms with E-state index < -0.39 is 5.91 Å². The fourth-order valence-corrected chi connectivity index (χ4v) is 3.40. The molecule has 4 rings (SSSR count). The van der Waals surface area contributed by atoms with Crippen LogP contribution >= 0.6 is 0 Å². The highest BCUT2D eigenvalue weighted by molar-refractivity contribution is 6.14. The van der Waals surface area contributed by atoms with Crippen molar-refractivity contribution in [3.63, 3.8) is 0 Å². The summed E-state index contributed by atoms with van der Waals surface area (Å²) in [7, 11) is 0. The number of nitrogens with zero attached hydrogens (tertiary/aromatic N) is 1. The molecule has 0 aliphatic rings. The van der Waals surface area contributed by atoms with E-state index >= 15 is 0 Å². The van der Waals surface area contributed by atoms with Crippen molar-refractivity contribution in [2.75, 3.05) is 5.32 Å². The number of carbonyl (C=O) groups excluding carboxylic acids is 1. The molecule has 3 heteroatoms. The summed E-state index contributed by atoms with van der Waals surface area (Å²) in [6.45, 7) is 1.92. The van der Waals surface area contributed by atoms with E-state index in [2.05, 4.69) is 17.5 Å². The number of aryl methyl sites for hydroxylation is 1. The van der Waals surface area contributed by atoms with Crippen LogP contribution < -0.4 is 5.32 Å². The van der Waals surface area contributed by atoms with Gasteiger partial charge in [0.25, 0.3) is 5.91 Å². The molecule has 0 saturated carbocycles. The number of hydrogen-bond acceptors (Lipinski definition) is 2. The molecule has 28 heavy (non-hydrogen) atoms. The van der Waals surface area contributed by atoms with Crippen molar-refractivity contribution in [2.24, 2.45) is 0 Å². The van der Waals surface area contributed by atoms with Gasteiger partial charge in [0, 0.05) is 5.69 Å². The molecule has 0 aromatic heterocycles. The molecule has 0 saturated heterocycles. The van der Waals surface area contributed by atoms with Gasteiger partial charge in [-0.15, -0.1) is 0 Å². The number of benzene rings is 4. The summed E-state index contributed by atoms with van der Waals surface area (Å²) in [4.78, 5) is 12.8. The van der Waals surface area contributed by atoms with E-state index in [0.29, 0.717) is 5.69 Å².